The summed E-state index contributed by atoms with van der Waals surface area (Å²) in [5.74, 6) is 0. The fraction of sp³-hybridized carbons (Fsp3) is 0. The van der Waals surface area contributed by atoms with Crippen molar-refractivity contribution in [3.8, 4) is 11.1 Å². The summed E-state index contributed by atoms with van der Waals surface area (Å²) >= 11 is 5.54. The molecule has 0 aliphatic rings. The van der Waals surface area contributed by atoms with Gasteiger partial charge in [0.1, 0.15) is 11.2 Å². The van der Waals surface area contributed by atoms with Gasteiger partial charge in [-0.2, -0.15) is 0 Å². The first kappa shape index (κ1) is 15.4. The molecule has 6 rings (SSSR count). The van der Waals surface area contributed by atoms with Crippen LogP contribution in [0.1, 0.15) is 0 Å². The summed E-state index contributed by atoms with van der Waals surface area (Å²) in [6.45, 7) is 0. The highest BCUT2D eigenvalue weighted by atomic mass is 79.9. The number of fused-ring (bicyclic) bond motifs is 6. The lowest BCUT2D eigenvalue weighted by Crippen LogP contribution is -1.80. The molecule has 0 saturated heterocycles. The minimum absolute atomic E-state index is 0.932. The second kappa shape index (κ2) is 5.69. The molecule has 1 nitrogen and oxygen atoms in total. The van der Waals surface area contributed by atoms with Crippen LogP contribution in [0.4, 0.5) is 0 Å². The number of hydrogen-bond acceptors (Lipinski definition) is 2. The van der Waals surface area contributed by atoms with Crippen molar-refractivity contribution >= 4 is 69.4 Å². The van der Waals surface area contributed by atoms with Gasteiger partial charge in [-0.15, -0.1) is 11.3 Å². The zero-order valence-electron chi connectivity index (χ0n) is 14.2. The SMILES string of the molecule is Brc1cc(-c2ccc3c(c2)oc2ccccc23)c2c(c1)sc1ccccc12. The number of hydrogen-bond donors (Lipinski definition) is 0. The number of rotatable bonds is 1. The molecule has 0 spiro atoms. The normalized spacial score (nSPS) is 11.9. The maximum atomic E-state index is 6.12. The average molecular weight is 429 g/mol. The van der Waals surface area contributed by atoms with Crippen LogP contribution in [0.2, 0.25) is 0 Å². The van der Waals surface area contributed by atoms with Crippen molar-refractivity contribution in [3.63, 3.8) is 0 Å². The standard InChI is InChI=1S/C24H13BrOS/c25-15-12-19(24-18-6-2-4-8-22(18)27-23(24)13-15)14-9-10-17-16-5-1-3-7-20(16)26-21(17)11-14/h1-13H. The third kappa shape index (κ3) is 2.29. The fourth-order valence-electron chi connectivity index (χ4n) is 3.94. The Morgan fingerprint density at radius 2 is 1.44 bits per heavy atom. The molecule has 0 fully saturated rings. The molecule has 0 bridgehead atoms. The number of furan rings is 1. The summed E-state index contributed by atoms with van der Waals surface area (Å²) in [5.41, 5.74) is 4.28. The molecule has 0 radical (unpaired) electrons. The van der Waals surface area contributed by atoms with Crippen molar-refractivity contribution in [3.05, 3.63) is 83.3 Å². The predicted octanol–water partition coefficient (Wildman–Crippen LogP) is 8.38. The molecule has 27 heavy (non-hydrogen) atoms. The van der Waals surface area contributed by atoms with E-state index in [1.807, 2.05) is 23.5 Å². The number of benzene rings is 4. The first-order valence-corrected chi connectivity index (χ1v) is 10.4. The van der Waals surface area contributed by atoms with E-state index in [2.05, 4.69) is 82.7 Å². The van der Waals surface area contributed by atoms with Crippen LogP contribution in [0.15, 0.2) is 87.8 Å². The maximum absolute atomic E-state index is 6.12. The van der Waals surface area contributed by atoms with Gasteiger partial charge in [0.2, 0.25) is 0 Å². The zero-order chi connectivity index (χ0) is 18.0. The Kier molecular flexibility index (Phi) is 3.25. The second-order valence-electron chi connectivity index (χ2n) is 6.73. The van der Waals surface area contributed by atoms with Gasteiger partial charge in [-0.1, -0.05) is 58.4 Å². The van der Waals surface area contributed by atoms with Crippen LogP contribution in [0.5, 0.6) is 0 Å². The lowest BCUT2D eigenvalue weighted by molar-refractivity contribution is 0.669. The minimum atomic E-state index is 0.932. The van der Waals surface area contributed by atoms with Gasteiger partial charge in [-0.25, -0.2) is 0 Å². The van der Waals surface area contributed by atoms with Gasteiger partial charge in [-0.05, 0) is 47.5 Å². The van der Waals surface area contributed by atoms with Gasteiger partial charge in [-0.3, -0.25) is 0 Å². The van der Waals surface area contributed by atoms with Crippen LogP contribution >= 0.6 is 27.3 Å². The first-order valence-electron chi connectivity index (χ1n) is 8.80. The molecule has 3 heteroatoms. The van der Waals surface area contributed by atoms with Crippen LogP contribution in [-0.4, -0.2) is 0 Å². The molecule has 0 atom stereocenters. The van der Waals surface area contributed by atoms with Crippen molar-refractivity contribution in [2.45, 2.75) is 0 Å². The van der Waals surface area contributed by atoms with E-state index in [1.54, 1.807) is 0 Å². The summed E-state index contributed by atoms with van der Waals surface area (Å²) in [4.78, 5) is 0. The summed E-state index contributed by atoms with van der Waals surface area (Å²) < 4.78 is 9.83. The average Bonchev–Trinajstić information content (AvgIpc) is 3.24. The van der Waals surface area contributed by atoms with Crippen molar-refractivity contribution in [2.75, 3.05) is 0 Å². The molecule has 0 aliphatic carbocycles. The molecule has 0 N–H and O–H groups in total. The van der Waals surface area contributed by atoms with Crippen molar-refractivity contribution in [1.82, 2.24) is 0 Å². The Bertz CT molecular complexity index is 1490. The lowest BCUT2D eigenvalue weighted by atomic mass is 9.98. The topological polar surface area (TPSA) is 13.1 Å². The third-order valence-electron chi connectivity index (χ3n) is 5.13. The van der Waals surface area contributed by atoms with Crippen LogP contribution in [0.25, 0.3) is 53.2 Å². The molecular weight excluding hydrogens is 416 g/mol. The Hall–Kier alpha value is -2.62. The summed E-state index contributed by atoms with van der Waals surface area (Å²) in [5, 5.41) is 4.95. The smallest absolute Gasteiger partial charge is 0.136 e. The van der Waals surface area contributed by atoms with Crippen LogP contribution in [-0.2, 0) is 0 Å². The number of halogens is 1. The van der Waals surface area contributed by atoms with Gasteiger partial charge in [0.25, 0.3) is 0 Å². The molecule has 4 aromatic carbocycles. The van der Waals surface area contributed by atoms with Crippen molar-refractivity contribution in [1.29, 1.82) is 0 Å². The van der Waals surface area contributed by atoms with Crippen molar-refractivity contribution in [2.24, 2.45) is 0 Å². The largest absolute Gasteiger partial charge is 0.456 e. The molecule has 0 amide bonds. The highest BCUT2D eigenvalue weighted by Crippen LogP contribution is 2.42. The Morgan fingerprint density at radius 3 is 2.37 bits per heavy atom. The Morgan fingerprint density at radius 1 is 0.667 bits per heavy atom. The molecule has 0 saturated carbocycles. The van der Waals surface area contributed by atoms with Gasteiger partial charge < -0.3 is 4.42 Å². The summed E-state index contributed by atoms with van der Waals surface area (Å²) in [7, 11) is 0. The van der Waals surface area contributed by atoms with E-state index >= 15 is 0 Å². The second-order valence-corrected chi connectivity index (χ2v) is 8.73. The van der Waals surface area contributed by atoms with Crippen LogP contribution in [0.3, 0.4) is 0 Å². The maximum Gasteiger partial charge on any atom is 0.136 e. The van der Waals surface area contributed by atoms with E-state index in [4.69, 9.17) is 4.42 Å². The van der Waals surface area contributed by atoms with E-state index in [-0.39, 0.29) is 0 Å². The Labute approximate surface area is 168 Å². The Balaban J connectivity index is 1.70. The van der Waals surface area contributed by atoms with E-state index < -0.39 is 0 Å². The van der Waals surface area contributed by atoms with E-state index in [1.165, 1.54) is 36.7 Å². The molecular formula is C24H13BrOS. The molecule has 0 unspecified atom stereocenters. The highest BCUT2D eigenvalue weighted by molar-refractivity contribution is 9.10. The molecule has 6 aromatic rings. The highest BCUT2D eigenvalue weighted by Gasteiger charge is 2.14. The minimum Gasteiger partial charge on any atom is -0.456 e. The molecule has 2 aromatic heterocycles. The number of thiophene rings is 1. The van der Waals surface area contributed by atoms with Crippen LogP contribution < -0.4 is 0 Å². The summed E-state index contributed by atoms with van der Waals surface area (Å²) in [6, 6.07) is 27.8. The van der Waals surface area contributed by atoms with Gasteiger partial charge >= 0.3 is 0 Å². The van der Waals surface area contributed by atoms with E-state index in [0.29, 0.717) is 0 Å². The summed E-state index contributed by atoms with van der Waals surface area (Å²) in [6.07, 6.45) is 0. The molecule has 0 aliphatic heterocycles. The zero-order valence-corrected chi connectivity index (χ0v) is 16.6. The quantitative estimate of drug-likeness (QED) is 0.256. The fourth-order valence-corrected chi connectivity index (χ4v) is 5.72. The van der Waals surface area contributed by atoms with E-state index in [9.17, 15) is 0 Å². The lowest BCUT2D eigenvalue weighted by Gasteiger charge is -2.06. The third-order valence-corrected chi connectivity index (χ3v) is 6.71. The van der Waals surface area contributed by atoms with Gasteiger partial charge in [0.05, 0.1) is 0 Å². The number of para-hydroxylation sites is 1. The van der Waals surface area contributed by atoms with Gasteiger partial charge in [0.15, 0.2) is 0 Å². The molecule has 128 valence electrons. The predicted molar refractivity (Wildman–Crippen MR) is 120 cm³/mol. The van der Waals surface area contributed by atoms with Crippen molar-refractivity contribution < 1.29 is 4.42 Å². The monoisotopic (exact) mass is 428 g/mol. The van der Waals surface area contributed by atoms with Gasteiger partial charge in [0, 0.05) is 35.4 Å². The van der Waals surface area contributed by atoms with Crippen LogP contribution in [0, 0.1) is 0 Å². The van der Waals surface area contributed by atoms with E-state index in [0.717, 1.165) is 21.0 Å². The first-order chi connectivity index (χ1) is 13.3. The molecule has 2 heterocycles.